The summed E-state index contributed by atoms with van der Waals surface area (Å²) in [6.07, 6.45) is 3.74. The Bertz CT molecular complexity index is 3710. The van der Waals surface area contributed by atoms with Crippen molar-refractivity contribution < 1.29 is 0 Å². The number of hydrogen-bond donors (Lipinski definition) is 0. The van der Waals surface area contributed by atoms with Crippen molar-refractivity contribution in [2.24, 2.45) is 0 Å². The molecule has 1 aliphatic rings. The second-order valence-electron chi connectivity index (χ2n) is 16.9. The minimum absolute atomic E-state index is 0.874. The molecule has 2 aromatic heterocycles. The van der Waals surface area contributed by atoms with Gasteiger partial charge in [-0.2, -0.15) is 0 Å². The molecule has 0 radical (unpaired) electrons. The smallest absolute Gasteiger partial charge is 0.0886 e. The van der Waals surface area contributed by atoms with E-state index in [4.69, 9.17) is 4.98 Å². The van der Waals surface area contributed by atoms with Gasteiger partial charge in [-0.1, -0.05) is 176 Å². The molecule has 2 nitrogen and oxygen atoms in total. The van der Waals surface area contributed by atoms with E-state index < -0.39 is 0 Å². The summed E-state index contributed by atoms with van der Waals surface area (Å²) in [5.74, 6) is 0. The molecule has 0 fully saturated rings. The summed E-state index contributed by atoms with van der Waals surface area (Å²) in [5.41, 5.74) is 19.2. The number of nitrogens with zero attached hydrogens (tertiary/aromatic N) is 2. The summed E-state index contributed by atoms with van der Waals surface area (Å²) >= 11 is 0. The van der Waals surface area contributed by atoms with Crippen LogP contribution >= 0.6 is 0 Å². The Morgan fingerprint density at radius 3 is 1.28 bits per heavy atom. The van der Waals surface area contributed by atoms with Crippen LogP contribution in [0.5, 0.6) is 0 Å². The number of aromatic nitrogens is 2. The van der Waals surface area contributed by atoms with Crippen molar-refractivity contribution in [3.05, 3.63) is 231 Å². The van der Waals surface area contributed by atoms with Gasteiger partial charge < -0.3 is 0 Å². The van der Waals surface area contributed by atoms with E-state index in [1.807, 2.05) is 30.5 Å². The largest absolute Gasteiger partial charge is 0.255 e. The normalized spacial score (nSPS) is 11.8. The highest BCUT2D eigenvalue weighted by Crippen LogP contribution is 2.58. The van der Waals surface area contributed by atoms with E-state index in [1.165, 1.54) is 110 Å². The zero-order valence-corrected chi connectivity index (χ0v) is 34.8. The quantitative estimate of drug-likeness (QED) is 0.167. The number of hydrogen-bond acceptors (Lipinski definition) is 2. The molecule has 296 valence electrons. The van der Waals surface area contributed by atoms with Crippen LogP contribution in [-0.2, 0) is 0 Å². The van der Waals surface area contributed by atoms with E-state index in [-0.39, 0.29) is 0 Å². The minimum atomic E-state index is 0.874. The van der Waals surface area contributed by atoms with Gasteiger partial charge in [0.1, 0.15) is 0 Å². The van der Waals surface area contributed by atoms with Crippen molar-refractivity contribution in [2.45, 2.75) is 0 Å². The summed E-state index contributed by atoms with van der Waals surface area (Å²) in [6.45, 7) is 0. The van der Waals surface area contributed by atoms with Crippen LogP contribution in [0.1, 0.15) is 0 Å². The molecule has 2 heterocycles. The number of pyridine rings is 2. The summed E-state index contributed by atoms with van der Waals surface area (Å²) in [6, 6.07) is 79.9. The molecule has 12 aromatic rings. The van der Waals surface area contributed by atoms with Crippen LogP contribution in [0.3, 0.4) is 0 Å². The van der Waals surface area contributed by atoms with Gasteiger partial charge in [0.25, 0.3) is 0 Å². The van der Waals surface area contributed by atoms with E-state index in [9.17, 15) is 0 Å². The molecule has 0 N–H and O–H groups in total. The lowest BCUT2D eigenvalue weighted by atomic mass is 9.82. The van der Waals surface area contributed by atoms with Crippen molar-refractivity contribution in [3.63, 3.8) is 0 Å². The molecule has 13 rings (SSSR count). The van der Waals surface area contributed by atoms with E-state index in [0.29, 0.717) is 0 Å². The second-order valence-corrected chi connectivity index (χ2v) is 16.9. The molecule has 1 aliphatic carbocycles. The molecule has 2 heteroatoms. The third kappa shape index (κ3) is 5.81. The van der Waals surface area contributed by atoms with Crippen molar-refractivity contribution in [1.29, 1.82) is 0 Å². The topological polar surface area (TPSA) is 25.8 Å². The second kappa shape index (κ2) is 14.6. The first-order valence-corrected chi connectivity index (χ1v) is 22.0. The molecular formula is C62H38N2. The number of benzene rings is 10. The summed E-state index contributed by atoms with van der Waals surface area (Å²) < 4.78 is 0. The molecule has 0 amide bonds. The lowest BCUT2D eigenvalue weighted by Crippen LogP contribution is -1.93. The average Bonchev–Trinajstić information content (AvgIpc) is 3.70. The van der Waals surface area contributed by atoms with Gasteiger partial charge in [0.05, 0.1) is 11.4 Å². The van der Waals surface area contributed by atoms with Crippen LogP contribution in [0.4, 0.5) is 0 Å². The fourth-order valence-corrected chi connectivity index (χ4v) is 10.3. The third-order valence-electron chi connectivity index (χ3n) is 13.3. The molecule has 0 aliphatic heterocycles. The summed E-state index contributed by atoms with van der Waals surface area (Å²) in [7, 11) is 0. The Morgan fingerprint density at radius 2 is 0.719 bits per heavy atom. The van der Waals surface area contributed by atoms with Gasteiger partial charge in [0.2, 0.25) is 0 Å². The predicted molar refractivity (Wildman–Crippen MR) is 269 cm³/mol. The molecule has 0 saturated carbocycles. The average molecular weight is 811 g/mol. The first-order chi connectivity index (χ1) is 31.7. The van der Waals surface area contributed by atoms with Gasteiger partial charge in [-0.05, 0) is 158 Å². The Morgan fingerprint density at radius 1 is 0.250 bits per heavy atom. The first-order valence-electron chi connectivity index (χ1n) is 22.0. The van der Waals surface area contributed by atoms with E-state index in [1.54, 1.807) is 6.20 Å². The zero-order valence-electron chi connectivity index (χ0n) is 34.8. The Kier molecular flexibility index (Phi) is 8.25. The maximum Gasteiger partial charge on any atom is 0.0886 e. The Labute approximate surface area is 371 Å². The van der Waals surface area contributed by atoms with Gasteiger partial charge in [-0.3, -0.25) is 9.97 Å². The number of fused-ring (bicyclic) bond motifs is 6. The molecule has 10 aromatic carbocycles. The van der Waals surface area contributed by atoms with Crippen LogP contribution in [0, 0.1) is 0 Å². The van der Waals surface area contributed by atoms with Crippen LogP contribution < -0.4 is 0 Å². The lowest BCUT2D eigenvalue weighted by molar-refractivity contribution is 1.25. The minimum Gasteiger partial charge on any atom is -0.255 e. The van der Waals surface area contributed by atoms with Gasteiger partial charge in [0.15, 0.2) is 0 Å². The molecule has 0 unspecified atom stereocenters. The summed E-state index contributed by atoms with van der Waals surface area (Å²) in [5, 5.41) is 10.0. The highest BCUT2D eigenvalue weighted by molar-refractivity contribution is 6.28. The highest BCUT2D eigenvalue weighted by atomic mass is 14.8. The van der Waals surface area contributed by atoms with Crippen molar-refractivity contribution in [2.75, 3.05) is 0 Å². The lowest BCUT2D eigenvalue weighted by Gasteiger charge is -2.20. The molecule has 0 saturated heterocycles. The fourth-order valence-electron chi connectivity index (χ4n) is 10.3. The summed E-state index contributed by atoms with van der Waals surface area (Å²) in [4.78, 5) is 9.15. The van der Waals surface area contributed by atoms with Gasteiger partial charge in [-0.25, -0.2) is 0 Å². The van der Waals surface area contributed by atoms with E-state index in [2.05, 4.69) is 199 Å². The van der Waals surface area contributed by atoms with E-state index in [0.717, 1.165) is 22.5 Å². The maximum atomic E-state index is 4.71. The Balaban J connectivity index is 0.876. The van der Waals surface area contributed by atoms with Crippen LogP contribution in [0.15, 0.2) is 231 Å². The van der Waals surface area contributed by atoms with Gasteiger partial charge in [-0.15, -0.1) is 0 Å². The molecule has 0 atom stereocenters. The van der Waals surface area contributed by atoms with Crippen LogP contribution in [-0.4, -0.2) is 9.97 Å². The molecular weight excluding hydrogens is 773 g/mol. The fraction of sp³-hybridized carbons (Fsp3) is 0. The maximum absolute atomic E-state index is 4.71. The third-order valence-corrected chi connectivity index (χ3v) is 13.3. The van der Waals surface area contributed by atoms with Crippen molar-refractivity contribution in [3.8, 4) is 89.3 Å². The zero-order chi connectivity index (χ0) is 42.1. The number of rotatable bonds is 6. The molecule has 64 heavy (non-hydrogen) atoms. The SMILES string of the molecule is c1ccc(-c2c3c(c(-c4ccccc4)c4ccccc24)-c2ccc(-c4ccc5cc(-c6ccc7cc(-c8ccc(-c9ccccn9)nc8)ccc7c6)ccc5c4)c4cccc-3c24)cc1. The molecule has 0 bridgehead atoms. The molecule has 0 spiro atoms. The van der Waals surface area contributed by atoms with Crippen molar-refractivity contribution in [1.82, 2.24) is 9.97 Å². The van der Waals surface area contributed by atoms with E-state index >= 15 is 0 Å². The van der Waals surface area contributed by atoms with Gasteiger partial charge in [0, 0.05) is 18.0 Å². The standard InChI is InChI=1S/C62H38N2/c1-3-12-39(13-4-1)58-52-16-7-8-17-53(52)59(40-14-5-2-6-15-40)62-55-31-30-50(51-18-11-19-54(60(51)55)61(58)62)48-28-27-45-35-42(23-24-46(45)37-48)41-21-22-44-36-47(26-25-43(44)34-41)49-29-32-57(64-38-49)56-20-9-10-33-63-56/h1-38H. The monoisotopic (exact) mass is 810 g/mol. The predicted octanol–water partition coefficient (Wildman–Crippen LogP) is 16.7. The van der Waals surface area contributed by atoms with Crippen molar-refractivity contribution >= 4 is 43.1 Å². The van der Waals surface area contributed by atoms with Crippen LogP contribution in [0.25, 0.3) is 132 Å². The Hall–Kier alpha value is -8.46. The van der Waals surface area contributed by atoms with Gasteiger partial charge >= 0.3 is 0 Å². The highest BCUT2D eigenvalue weighted by Gasteiger charge is 2.31. The van der Waals surface area contributed by atoms with Crippen LogP contribution in [0.2, 0.25) is 0 Å². The first kappa shape index (κ1) is 36.2.